The standard InChI is InChI=1S/C30H37ClFN3O/c31-25-6-3-4-19(15-25)17-35-18-26(34-29-23-11-20-10-21(13-23)14-24(29)12-20)16-28(35)30(36)33-9-8-22-5-1-2-7-27(22)32/h1-7,15,20-21,23-24,26,28-29,34H,8-14,16-18H2,(H,33,36)/t20?,21?,23?,24?,26-,28-,29?/m0/s1. The maximum absolute atomic E-state index is 14.0. The van der Waals surface area contributed by atoms with Gasteiger partial charge in [0.15, 0.2) is 0 Å². The first-order chi connectivity index (χ1) is 17.5. The van der Waals surface area contributed by atoms with Crippen LogP contribution in [0.1, 0.15) is 49.7 Å². The maximum Gasteiger partial charge on any atom is 0.237 e. The molecule has 0 radical (unpaired) electrons. The zero-order valence-electron chi connectivity index (χ0n) is 20.8. The van der Waals surface area contributed by atoms with E-state index in [9.17, 15) is 9.18 Å². The number of hydrogen-bond donors (Lipinski definition) is 2. The molecule has 2 N–H and O–H groups in total. The van der Waals surface area contributed by atoms with Gasteiger partial charge in [-0.25, -0.2) is 4.39 Å². The molecule has 4 nitrogen and oxygen atoms in total. The number of rotatable bonds is 8. The molecule has 4 aliphatic carbocycles. The number of likely N-dealkylation sites (tertiary alicyclic amines) is 1. The molecule has 192 valence electrons. The molecule has 5 fully saturated rings. The van der Waals surface area contributed by atoms with Crippen molar-refractivity contribution < 1.29 is 9.18 Å². The molecule has 1 aliphatic heterocycles. The Labute approximate surface area is 219 Å². The van der Waals surface area contributed by atoms with Gasteiger partial charge < -0.3 is 10.6 Å². The Morgan fingerprint density at radius 1 is 0.972 bits per heavy atom. The molecule has 1 heterocycles. The van der Waals surface area contributed by atoms with Crippen molar-refractivity contribution in [2.75, 3.05) is 13.1 Å². The topological polar surface area (TPSA) is 44.4 Å². The minimum Gasteiger partial charge on any atom is -0.354 e. The van der Waals surface area contributed by atoms with E-state index in [2.05, 4.69) is 21.6 Å². The van der Waals surface area contributed by atoms with E-state index in [-0.39, 0.29) is 17.8 Å². The maximum atomic E-state index is 14.0. The number of carbonyl (C=O) groups excluding carboxylic acids is 1. The highest BCUT2D eigenvalue weighted by Gasteiger charge is 2.49. The Morgan fingerprint density at radius 2 is 1.72 bits per heavy atom. The quantitative estimate of drug-likeness (QED) is 0.514. The largest absolute Gasteiger partial charge is 0.354 e. The number of carbonyl (C=O) groups is 1. The van der Waals surface area contributed by atoms with Crippen molar-refractivity contribution >= 4 is 17.5 Å². The van der Waals surface area contributed by atoms with Crippen LogP contribution in [0.2, 0.25) is 5.02 Å². The van der Waals surface area contributed by atoms with E-state index < -0.39 is 0 Å². The second-order valence-corrected chi connectivity index (χ2v) is 12.2. The van der Waals surface area contributed by atoms with Crippen molar-refractivity contribution in [1.82, 2.24) is 15.5 Å². The second kappa shape index (κ2) is 10.4. The summed E-state index contributed by atoms with van der Waals surface area (Å²) in [5, 5.41) is 7.89. The average molecular weight is 510 g/mol. The molecule has 4 saturated carbocycles. The van der Waals surface area contributed by atoms with Crippen molar-refractivity contribution in [3.63, 3.8) is 0 Å². The zero-order chi connectivity index (χ0) is 24.6. The van der Waals surface area contributed by atoms with Crippen LogP contribution >= 0.6 is 11.6 Å². The summed E-state index contributed by atoms with van der Waals surface area (Å²) in [7, 11) is 0. The highest BCUT2D eigenvalue weighted by Crippen LogP contribution is 2.54. The lowest BCUT2D eigenvalue weighted by Gasteiger charge is -2.55. The molecule has 2 aromatic rings. The summed E-state index contributed by atoms with van der Waals surface area (Å²) >= 11 is 6.26. The van der Waals surface area contributed by atoms with E-state index in [1.54, 1.807) is 12.1 Å². The number of amides is 1. The summed E-state index contributed by atoms with van der Waals surface area (Å²) in [6, 6.07) is 15.5. The van der Waals surface area contributed by atoms with Gasteiger partial charge in [0.1, 0.15) is 5.82 Å². The molecule has 2 aromatic carbocycles. The van der Waals surface area contributed by atoms with E-state index in [4.69, 9.17) is 11.6 Å². The molecule has 2 atom stereocenters. The first-order valence-electron chi connectivity index (χ1n) is 13.8. The van der Waals surface area contributed by atoms with Gasteiger partial charge in [0.2, 0.25) is 5.91 Å². The predicted molar refractivity (Wildman–Crippen MR) is 141 cm³/mol. The molecule has 6 heteroatoms. The molecule has 36 heavy (non-hydrogen) atoms. The molecule has 0 aromatic heterocycles. The minimum absolute atomic E-state index is 0.0442. The lowest BCUT2D eigenvalue weighted by atomic mass is 9.54. The fourth-order valence-corrected chi connectivity index (χ4v) is 8.16. The molecule has 1 saturated heterocycles. The number of halogens is 2. The molecule has 5 aliphatic rings. The van der Waals surface area contributed by atoms with Gasteiger partial charge in [0.05, 0.1) is 6.04 Å². The van der Waals surface area contributed by atoms with Crippen molar-refractivity contribution in [2.24, 2.45) is 23.7 Å². The van der Waals surface area contributed by atoms with E-state index in [1.165, 1.54) is 38.2 Å². The molecule has 7 rings (SSSR count). The fourth-order valence-electron chi connectivity index (χ4n) is 7.95. The monoisotopic (exact) mass is 509 g/mol. The Kier molecular flexibility index (Phi) is 7.07. The highest BCUT2D eigenvalue weighted by atomic mass is 35.5. The molecular formula is C30H37ClFN3O. The highest BCUT2D eigenvalue weighted by molar-refractivity contribution is 6.30. The summed E-state index contributed by atoms with van der Waals surface area (Å²) in [6.45, 7) is 2.00. The van der Waals surface area contributed by atoms with Gasteiger partial charge >= 0.3 is 0 Å². The summed E-state index contributed by atoms with van der Waals surface area (Å²) in [6.07, 6.45) is 8.34. The van der Waals surface area contributed by atoms with E-state index in [1.807, 2.05) is 24.3 Å². The van der Waals surface area contributed by atoms with Gasteiger partial charge in [0, 0.05) is 36.7 Å². The van der Waals surface area contributed by atoms with Gasteiger partial charge in [-0.2, -0.15) is 0 Å². The Hall–Kier alpha value is -1.95. The van der Waals surface area contributed by atoms with Crippen LogP contribution in [0.4, 0.5) is 4.39 Å². The number of benzene rings is 2. The van der Waals surface area contributed by atoms with E-state index in [0.29, 0.717) is 37.2 Å². The Bertz CT molecular complexity index is 1070. The van der Waals surface area contributed by atoms with Gasteiger partial charge in [-0.15, -0.1) is 0 Å². The van der Waals surface area contributed by atoms with E-state index >= 15 is 0 Å². The third kappa shape index (κ3) is 5.20. The normalized spacial score (nSPS) is 33.2. The number of nitrogens with one attached hydrogen (secondary N) is 2. The van der Waals surface area contributed by atoms with Crippen LogP contribution < -0.4 is 10.6 Å². The van der Waals surface area contributed by atoms with Gasteiger partial charge in [-0.3, -0.25) is 9.69 Å². The molecule has 0 spiro atoms. The SMILES string of the molecule is O=C(NCCc1ccccc1F)[C@@H]1C[C@H](NC2C3CC4CC(C3)CC2C4)CN1Cc1cccc(Cl)c1. The van der Waals surface area contributed by atoms with Crippen LogP contribution in [-0.2, 0) is 17.8 Å². The zero-order valence-corrected chi connectivity index (χ0v) is 21.6. The Balaban J connectivity index is 1.12. The van der Waals surface area contributed by atoms with Crippen molar-refractivity contribution in [3.8, 4) is 0 Å². The van der Waals surface area contributed by atoms with Crippen molar-refractivity contribution in [1.29, 1.82) is 0 Å². The summed E-state index contributed by atoms with van der Waals surface area (Å²) in [5.74, 6) is 3.38. The third-order valence-corrected chi connectivity index (χ3v) is 9.52. The Morgan fingerprint density at radius 3 is 2.44 bits per heavy atom. The number of nitrogens with zero attached hydrogens (tertiary/aromatic N) is 1. The van der Waals surface area contributed by atoms with Crippen LogP contribution in [-0.4, -0.2) is 42.0 Å². The van der Waals surface area contributed by atoms with Crippen LogP contribution in [0, 0.1) is 29.5 Å². The fraction of sp³-hybridized carbons (Fsp3) is 0.567. The molecule has 4 bridgehead atoms. The molecule has 0 unspecified atom stereocenters. The lowest BCUT2D eigenvalue weighted by molar-refractivity contribution is -0.125. The van der Waals surface area contributed by atoms with Crippen molar-refractivity contribution in [3.05, 3.63) is 70.5 Å². The van der Waals surface area contributed by atoms with Crippen LogP contribution in [0.5, 0.6) is 0 Å². The number of hydrogen-bond acceptors (Lipinski definition) is 3. The lowest BCUT2D eigenvalue weighted by Crippen LogP contribution is -2.57. The summed E-state index contributed by atoms with van der Waals surface area (Å²) < 4.78 is 14.0. The van der Waals surface area contributed by atoms with Crippen LogP contribution in [0.15, 0.2) is 48.5 Å². The second-order valence-electron chi connectivity index (χ2n) is 11.8. The smallest absolute Gasteiger partial charge is 0.237 e. The van der Waals surface area contributed by atoms with Gasteiger partial charge in [0.25, 0.3) is 0 Å². The van der Waals surface area contributed by atoms with E-state index in [0.717, 1.165) is 47.2 Å². The minimum atomic E-state index is -0.213. The predicted octanol–water partition coefficient (Wildman–Crippen LogP) is 5.20. The van der Waals surface area contributed by atoms with Crippen LogP contribution in [0.3, 0.4) is 0 Å². The first kappa shape index (κ1) is 24.4. The first-order valence-corrected chi connectivity index (χ1v) is 14.2. The molecule has 1 amide bonds. The van der Waals surface area contributed by atoms with Gasteiger partial charge in [-0.05, 0) is 97.9 Å². The average Bonchev–Trinajstić information content (AvgIpc) is 3.24. The molecular weight excluding hydrogens is 473 g/mol. The summed E-state index contributed by atoms with van der Waals surface area (Å²) in [4.78, 5) is 15.7. The van der Waals surface area contributed by atoms with Crippen LogP contribution in [0.25, 0.3) is 0 Å². The summed E-state index contributed by atoms with van der Waals surface area (Å²) in [5.41, 5.74) is 1.77. The third-order valence-electron chi connectivity index (χ3n) is 9.29. The van der Waals surface area contributed by atoms with Gasteiger partial charge in [-0.1, -0.05) is 41.9 Å². The van der Waals surface area contributed by atoms with Crippen molar-refractivity contribution in [2.45, 2.75) is 69.6 Å².